The molecule has 0 bridgehead atoms. The summed E-state index contributed by atoms with van der Waals surface area (Å²) in [5, 5.41) is 18.8. The molecule has 188 valence electrons. The summed E-state index contributed by atoms with van der Waals surface area (Å²) in [5.41, 5.74) is 0. The number of hydrogen-bond acceptors (Lipinski definition) is 8. The first-order valence-corrected chi connectivity index (χ1v) is 12.3. The minimum absolute atomic E-state index is 0.150. The van der Waals surface area contributed by atoms with Crippen LogP contribution in [0.1, 0.15) is 55.4 Å². The molecule has 0 unspecified atom stereocenters. The standard InChI is InChI=1S/2C12H23NO3/c2*1-8-5-13(6-9(2)14)7-10-11(8)16-12(3,4)15-10/h2*8-11,14H,5-7H2,1-4H3/t8-,9+,10-,11+;8-,9-,10-,11+/m01/s1. The van der Waals surface area contributed by atoms with Crippen LogP contribution in [0, 0.1) is 11.8 Å². The highest BCUT2D eigenvalue weighted by atomic mass is 16.8. The van der Waals surface area contributed by atoms with E-state index in [0.29, 0.717) is 11.8 Å². The maximum Gasteiger partial charge on any atom is 0.163 e. The van der Waals surface area contributed by atoms with Gasteiger partial charge in [0.1, 0.15) is 12.2 Å². The van der Waals surface area contributed by atoms with E-state index in [2.05, 4.69) is 23.6 Å². The van der Waals surface area contributed by atoms with Crippen LogP contribution in [0.3, 0.4) is 0 Å². The molecule has 8 heteroatoms. The number of nitrogens with zero attached hydrogens (tertiary/aromatic N) is 2. The Hall–Kier alpha value is -0.320. The largest absolute Gasteiger partial charge is 0.392 e. The van der Waals surface area contributed by atoms with E-state index in [1.165, 1.54) is 0 Å². The monoisotopic (exact) mass is 458 g/mol. The second-order valence-electron chi connectivity index (χ2n) is 11.4. The van der Waals surface area contributed by atoms with Crippen LogP contribution in [-0.4, -0.2) is 107 Å². The van der Waals surface area contributed by atoms with Crippen molar-refractivity contribution in [2.45, 2.75) is 104 Å². The number of aliphatic hydroxyl groups excluding tert-OH is 2. The minimum atomic E-state index is -0.454. The van der Waals surface area contributed by atoms with Gasteiger partial charge < -0.3 is 29.2 Å². The number of piperidine rings is 2. The molecule has 4 rings (SSSR count). The lowest BCUT2D eigenvalue weighted by atomic mass is 9.94. The summed E-state index contributed by atoms with van der Waals surface area (Å²) < 4.78 is 23.6. The van der Waals surface area contributed by atoms with Crippen LogP contribution in [0.25, 0.3) is 0 Å². The highest BCUT2D eigenvalue weighted by molar-refractivity contribution is 4.93. The highest BCUT2D eigenvalue weighted by Crippen LogP contribution is 2.36. The third kappa shape index (κ3) is 6.85. The molecular weight excluding hydrogens is 412 g/mol. The van der Waals surface area contributed by atoms with Crippen LogP contribution in [0.2, 0.25) is 0 Å². The van der Waals surface area contributed by atoms with E-state index in [4.69, 9.17) is 18.9 Å². The Balaban J connectivity index is 0.000000181. The SMILES string of the molecule is C[C@@H](O)CN1C[C@@H]2OC(C)(C)O[C@@H]2[C@@H](C)C1.C[C@@H]1CN(C[C@@H](C)O)C[C@H]2OC(C)(C)O[C@@H]12. The zero-order chi connectivity index (χ0) is 23.8. The van der Waals surface area contributed by atoms with Crippen LogP contribution in [0.5, 0.6) is 0 Å². The molecule has 8 atom stereocenters. The molecule has 8 nitrogen and oxygen atoms in total. The fraction of sp³-hybridized carbons (Fsp3) is 1.00. The fourth-order valence-electron chi connectivity index (χ4n) is 5.70. The van der Waals surface area contributed by atoms with Crippen molar-refractivity contribution < 1.29 is 29.2 Å². The van der Waals surface area contributed by atoms with E-state index in [1.807, 2.05) is 41.5 Å². The van der Waals surface area contributed by atoms with E-state index in [1.54, 1.807) is 0 Å². The molecule has 0 aliphatic carbocycles. The molecule has 0 aromatic rings. The average molecular weight is 459 g/mol. The molecule has 0 aromatic heterocycles. The highest BCUT2D eigenvalue weighted by Gasteiger charge is 2.48. The van der Waals surface area contributed by atoms with Gasteiger partial charge in [0.15, 0.2) is 11.6 Å². The van der Waals surface area contributed by atoms with Crippen molar-refractivity contribution in [1.29, 1.82) is 0 Å². The molecular formula is C24H46N2O6. The van der Waals surface area contributed by atoms with Crippen molar-refractivity contribution in [3.8, 4) is 0 Å². The van der Waals surface area contributed by atoms with Crippen LogP contribution in [-0.2, 0) is 18.9 Å². The lowest BCUT2D eigenvalue weighted by Gasteiger charge is -2.37. The lowest BCUT2D eigenvalue weighted by Crippen LogP contribution is -2.51. The van der Waals surface area contributed by atoms with Crippen molar-refractivity contribution in [2.75, 3.05) is 39.3 Å². The van der Waals surface area contributed by atoms with E-state index in [-0.39, 0.29) is 36.6 Å². The molecule has 32 heavy (non-hydrogen) atoms. The zero-order valence-corrected chi connectivity index (χ0v) is 21.3. The Bertz CT molecular complexity index is 561. The number of ether oxygens (including phenoxy) is 4. The molecule has 4 fully saturated rings. The Kier molecular flexibility index (Phi) is 8.31. The Morgan fingerprint density at radius 1 is 0.688 bits per heavy atom. The quantitative estimate of drug-likeness (QED) is 0.658. The van der Waals surface area contributed by atoms with E-state index < -0.39 is 11.6 Å². The van der Waals surface area contributed by atoms with Crippen LogP contribution >= 0.6 is 0 Å². The van der Waals surface area contributed by atoms with Gasteiger partial charge in [0, 0.05) is 39.3 Å². The zero-order valence-electron chi connectivity index (χ0n) is 21.3. The fourth-order valence-corrected chi connectivity index (χ4v) is 5.70. The van der Waals surface area contributed by atoms with Gasteiger partial charge in [-0.25, -0.2) is 0 Å². The third-order valence-electron chi connectivity index (χ3n) is 6.58. The molecule has 0 amide bonds. The van der Waals surface area contributed by atoms with Gasteiger partial charge in [-0.3, -0.25) is 9.80 Å². The van der Waals surface area contributed by atoms with Crippen molar-refractivity contribution in [3.63, 3.8) is 0 Å². The van der Waals surface area contributed by atoms with Crippen LogP contribution in [0.4, 0.5) is 0 Å². The predicted molar refractivity (Wildman–Crippen MR) is 122 cm³/mol. The Labute approximate surface area is 194 Å². The summed E-state index contributed by atoms with van der Waals surface area (Å²) in [6.45, 7) is 21.0. The lowest BCUT2D eigenvalue weighted by molar-refractivity contribution is -0.148. The van der Waals surface area contributed by atoms with Gasteiger partial charge in [-0.1, -0.05) is 13.8 Å². The van der Waals surface area contributed by atoms with E-state index >= 15 is 0 Å². The number of aliphatic hydroxyl groups is 2. The number of β-amino-alcohol motifs (C(OH)–C–C–N with tert-alkyl or cyclic N) is 2. The average Bonchev–Trinajstić information content (AvgIpc) is 3.08. The summed E-state index contributed by atoms with van der Waals surface area (Å²) in [4.78, 5) is 4.53. The summed E-state index contributed by atoms with van der Waals surface area (Å²) in [5.74, 6) is 0.00746. The van der Waals surface area contributed by atoms with Gasteiger partial charge in [-0.2, -0.15) is 0 Å². The first-order valence-electron chi connectivity index (χ1n) is 12.3. The predicted octanol–water partition coefficient (Wildman–Crippen LogP) is 1.68. The number of fused-ring (bicyclic) bond motifs is 2. The summed E-state index contributed by atoms with van der Waals surface area (Å²) in [6.07, 6.45) is 0.161. The number of hydrogen-bond donors (Lipinski definition) is 2. The number of likely N-dealkylation sites (tertiary alicyclic amines) is 2. The topological polar surface area (TPSA) is 83.9 Å². The second-order valence-corrected chi connectivity index (χ2v) is 11.4. The van der Waals surface area contributed by atoms with Gasteiger partial charge >= 0.3 is 0 Å². The van der Waals surface area contributed by atoms with Gasteiger partial charge in [0.25, 0.3) is 0 Å². The smallest absolute Gasteiger partial charge is 0.163 e. The first-order chi connectivity index (χ1) is 14.7. The minimum Gasteiger partial charge on any atom is -0.392 e. The summed E-state index contributed by atoms with van der Waals surface area (Å²) in [6, 6.07) is 0. The van der Waals surface area contributed by atoms with Crippen molar-refractivity contribution in [2.24, 2.45) is 11.8 Å². The third-order valence-corrected chi connectivity index (χ3v) is 6.58. The maximum atomic E-state index is 9.42. The summed E-state index contributed by atoms with van der Waals surface area (Å²) in [7, 11) is 0. The van der Waals surface area contributed by atoms with Gasteiger partial charge in [0.05, 0.1) is 24.4 Å². The maximum absolute atomic E-state index is 9.42. The normalized spacial score (nSPS) is 40.7. The summed E-state index contributed by atoms with van der Waals surface area (Å²) >= 11 is 0. The Morgan fingerprint density at radius 2 is 1.03 bits per heavy atom. The molecule has 0 radical (unpaired) electrons. The molecule has 4 aliphatic rings. The van der Waals surface area contributed by atoms with Crippen LogP contribution in [0.15, 0.2) is 0 Å². The van der Waals surface area contributed by atoms with Crippen molar-refractivity contribution in [1.82, 2.24) is 9.80 Å². The van der Waals surface area contributed by atoms with E-state index in [0.717, 1.165) is 39.3 Å². The number of rotatable bonds is 4. The second kappa shape index (κ2) is 10.1. The molecule has 0 saturated carbocycles. The molecule has 4 heterocycles. The van der Waals surface area contributed by atoms with E-state index in [9.17, 15) is 10.2 Å². The molecule has 4 saturated heterocycles. The van der Waals surface area contributed by atoms with Crippen molar-refractivity contribution >= 4 is 0 Å². The van der Waals surface area contributed by atoms with Gasteiger partial charge in [0.2, 0.25) is 0 Å². The Morgan fingerprint density at radius 3 is 1.34 bits per heavy atom. The van der Waals surface area contributed by atoms with Crippen LogP contribution < -0.4 is 0 Å². The van der Waals surface area contributed by atoms with Crippen molar-refractivity contribution in [3.05, 3.63) is 0 Å². The van der Waals surface area contributed by atoms with Gasteiger partial charge in [-0.05, 0) is 53.4 Å². The molecule has 0 aromatic carbocycles. The first kappa shape index (κ1) is 26.3. The molecule has 2 N–H and O–H groups in total. The van der Waals surface area contributed by atoms with Gasteiger partial charge in [-0.15, -0.1) is 0 Å². The molecule has 4 aliphatic heterocycles. The molecule has 0 spiro atoms.